The summed E-state index contributed by atoms with van der Waals surface area (Å²) < 4.78 is 47.2. The molecule has 0 aliphatic carbocycles. The van der Waals surface area contributed by atoms with E-state index in [0.29, 0.717) is 16.5 Å². The van der Waals surface area contributed by atoms with Crippen LogP contribution in [-0.2, 0) is 28.4 Å². The van der Waals surface area contributed by atoms with Gasteiger partial charge in [-0.1, -0.05) is 28.8 Å². The topological polar surface area (TPSA) is 73.7 Å². The van der Waals surface area contributed by atoms with E-state index in [4.69, 9.17) is 21.6 Å². The molecule has 0 saturated carbocycles. The van der Waals surface area contributed by atoms with Crippen molar-refractivity contribution < 1.29 is 32.5 Å². The van der Waals surface area contributed by atoms with Crippen LogP contribution in [0.2, 0.25) is 5.02 Å². The van der Waals surface area contributed by atoms with Crippen LogP contribution in [0.5, 0.6) is 11.5 Å². The Morgan fingerprint density at radius 3 is 2.09 bits per heavy atom. The van der Waals surface area contributed by atoms with Crippen LogP contribution >= 0.6 is 23.6 Å². The molecule has 0 radical (unpaired) electrons. The summed E-state index contributed by atoms with van der Waals surface area (Å²) in [4.78, 5) is 8.27. The van der Waals surface area contributed by atoms with Crippen molar-refractivity contribution in [2.75, 3.05) is 6.26 Å². The van der Waals surface area contributed by atoms with E-state index in [1.165, 1.54) is 18.5 Å². The minimum absolute atomic E-state index is 0.356. The standard InChI is InChI=1S/C21H18ClF3N2O.CH4O3S/c1-14-20(22)19(27-13-26-14)4-2-3-15-5-9-17(10-6-15)28-18-11-7-16(8-12-18)21(23,24)25;1-5-4-3-2/h5-13H,2-4H2,1H3;2H,1H3. The summed E-state index contributed by atoms with van der Waals surface area (Å²) in [6.07, 6.45) is 1.27. The van der Waals surface area contributed by atoms with E-state index in [1.807, 2.05) is 19.1 Å². The molecule has 2 aromatic carbocycles. The number of aromatic nitrogens is 2. The molecule has 0 fully saturated rings. The number of aryl methyl sites for hydroxylation is 3. The second-order valence-electron chi connectivity index (χ2n) is 6.65. The lowest BCUT2D eigenvalue weighted by Crippen LogP contribution is -2.03. The first kappa shape index (κ1) is 26.9. The van der Waals surface area contributed by atoms with Gasteiger partial charge in [-0.15, -0.1) is 4.33 Å². The first-order valence-corrected chi connectivity index (χ1v) is 11.2. The molecule has 0 aliphatic heterocycles. The third-order valence-corrected chi connectivity index (χ3v) is 5.04. The highest BCUT2D eigenvalue weighted by molar-refractivity contribution is 7.93. The number of hydrogen-bond donors (Lipinski definition) is 1. The smallest absolute Gasteiger partial charge is 0.416 e. The zero-order chi connectivity index (χ0) is 24.3. The lowest BCUT2D eigenvalue weighted by Gasteiger charge is -2.09. The van der Waals surface area contributed by atoms with Crippen molar-refractivity contribution in [1.29, 1.82) is 0 Å². The second-order valence-corrected chi connectivity index (χ2v) is 7.50. The summed E-state index contributed by atoms with van der Waals surface area (Å²) in [5.41, 5.74) is 2.05. The molecular formula is C22H22ClF3N2O4S. The van der Waals surface area contributed by atoms with Crippen LogP contribution in [0.1, 0.15) is 28.9 Å². The van der Waals surface area contributed by atoms with Gasteiger partial charge in [0.15, 0.2) is 0 Å². The minimum Gasteiger partial charge on any atom is -0.457 e. The molecule has 33 heavy (non-hydrogen) atoms. The third-order valence-electron chi connectivity index (χ3n) is 4.35. The molecule has 11 heteroatoms. The summed E-state index contributed by atoms with van der Waals surface area (Å²) in [6.45, 7) is 1.85. The van der Waals surface area contributed by atoms with Gasteiger partial charge in [-0.05, 0) is 68.1 Å². The summed E-state index contributed by atoms with van der Waals surface area (Å²) in [7, 11) is 0. The second kappa shape index (κ2) is 13.4. The van der Waals surface area contributed by atoms with Gasteiger partial charge in [0.25, 0.3) is 0 Å². The Hall–Kier alpha value is -2.37. The Kier molecular flexibility index (Phi) is 10.9. The van der Waals surface area contributed by atoms with E-state index in [9.17, 15) is 13.2 Å². The van der Waals surface area contributed by atoms with E-state index in [1.54, 1.807) is 18.4 Å². The maximum atomic E-state index is 12.6. The van der Waals surface area contributed by atoms with Gasteiger partial charge >= 0.3 is 6.18 Å². The zero-order valence-corrected chi connectivity index (χ0v) is 19.4. The zero-order valence-electron chi connectivity index (χ0n) is 17.8. The Morgan fingerprint density at radius 1 is 0.970 bits per heavy atom. The molecule has 0 saturated heterocycles. The number of benzene rings is 2. The molecule has 0 unspecified atom stereocenters. The van der Waals surface area contributed by atoms with Crippen molar-refractivity contribution in [3.63, 3.8) is 0 Å². The first-order valence-electron chi connectivity index (χ1n) is 9.65. The van der Waals surface area contributed by atoms with Crippen molar-refractivity contribution in [2.24, 2.45) is 0 Å². The largest absolute Gasteiger partial charge is 0.457 e. The summed E-state index contributed by atoms with van der Waals surface area (Å²) >= 11 is 7.13. The molecule has 1 N–H and O–H groups in total. The van der Waals surface area contributed by atoms with Crippen LogP contribution in [0.25, 0.3) is 0 Å². The highest BCUT2D eigenvalue weighted by Gasteiger charge is 2.30. The third kappa shape index (κ3) is 9.18. The Balaban J connectivity index is 0.000000696. The molecule has 3 aromatic rings. The van der Waals surface area contributed by atoms with Crippen molar-refractivity contribution in [2.45, 2.75) is 32.4 Å². The number of hydrogen-bond acceptors (Lipinski definition) is 7. The molecule has 6 nitrogen and oxygen atoms in total. The lowest BCUT2D eigenvalue weighted by atomic mass is 10.1. The van der Waals surface area contributed by atoms with Crippen molar-refractivity contribution >= 4 is 23.6 Å². The average Bonchev–Trinajstić information content (AvgIpc) is 2.79. The number of rotatable bonds is 8. The van der Waals surface area contributed by atoms with Crippen LogP contribution in [0.4, 0.5) is 13.2 Å². The molecule has 0 atom stereocenters. The molecule has 3 rings (SSSR count). The number of nitrogens with zero attached hydrogens (tertiary/aromatic N) is 2. The predicted molar refractivity (Wildman–Crippen MR) is 120 cm³/mol. The molecule has 178 valence electrons. The fourth-order valence-corrected chi connectivity index (χ4v) is 3.00. The van der Waals surface area contributed by atoms with Crippen molar-refractivity contribution in [1.82, 2.24) is 9.97 Å². The number of halogens is 4. The maximum Gasteiger partial charge on any atom is 0.416 e. The van der Waals surface area contributed by atoms with Crippen molar-refractivity contribution in [3.05, 3.63) is 82.4 Å². The van der Waals surface area contributed by atoms with Gasteiger partial charge in [0.2, 0.25) is 0 Å². The van der Waals surface area contributed by atoms with Gasteiger partial charge in [-0.25, -0.2) is 15.2 Å². The van der Waals surface area contributed by atoms with Crippen LogP contribution in [0.15, 0.2) is 54.9 Å². The predicted octanol–water partition coefficient (Wildman–Crippen LogP) is 7.11. The molecule has 0 aliphatic rings. The monoisotopic (exact) mass is 502 g/mol. The highest BCUT2D eigenvalue weighted by atomic mass is 35.5. The normalized spacial score (nSPS) is 11.0. The minimum atomic E-state index is -4.35. The first-order chi connectivity index (χ1) is 15.7. The van der Waals surface area contributed by atoms with Crippen LogP contribution in [0.3, 0.4) is 0 Å². The number of ether oxygens (including phenoxy) is 1. The fraction of sp³-hybridized carbons (Fsp3) is 0.273. The highest BCUT2D eigenvalue weighted by Crippen LogP contribution is 2.31. The Labute approximate surface area is 198 Å². The van der Waals surface area contributed by atoms with E-state index in [-0.39, 0.29) is 0 Å². The molecule has 0 bridgehead atoms. The molecule has 0 amide bonds. The van der Waals surface area contributed by atoms with E-state index in [0.717, 1.165) is 60.4 Å². The molecule has 1 aromatic heterocycles. The summed E-state index contributed by atoms with van der Waals surface area (Å²) in [6, 6.07) is 12.1. The van der Waals surface area contributed by atoms with Gasteiger partial charge < -0.3 is 4.74 Å². The van der Waals surface area contributed by atoms with Crippen LogP contribution in [0, 0.1) is 6.92 Å². The summed E-state index contributed by atoms with van der Waals surface area (Å²) in [5.74, 6) is 0.924. The van der Waals surface area contributed by atoms with Crippen LogP contribution in [-0.4, -0.2) is 21.5 Å². The van der Waals surface area contributed by atoms with Crippen molar-refractivity contribution in [3.8, 4) is 11.5 Å². The SMILES string of the molecule is CSOOO.Cc1ncnc(CCCc2ccc(Oc3ccc(C(F)(F)F)cc3)cc2)c1Cl. The van der Waals surface area contributed by atoms with Gasteiger partial charge in [0.05, 0.1) is 22.0 Å². The van der Waals surface area contributed by atoms with Gasteiger partial charge in [0.1, 0.15) is 17.8 Å². The summed E-state index contributed by atoms with van der Waals surface area (Å²) in [5, 5.41) is 11.1. The van der Waals surface area contributed by atoms with E-state index >= 15 is 0 Å². The van der Waals surface area contributed by atoms with E-state index < -0.39 is 11.7 Å². The maximum absolute atomic E-state index is 12.6. The van der Waals surface area contributed by atoms with Gasteiger partial charge in [-0.3, -0.25) is 0 Å². The lowest BCUT2D eigenvalue weighted by molar-refractivity contribution is -0.432. The Morgan fingerprint density at radius 2 is 1.58 bits per heavy atom. The average molecular weight is 503 g/mol. The van der Waals surface area contributed by atoms with Gasteiger partial charge in [0, 0.05) is 18.3 Å². The molecular weight excluding hydrogens is 481 g/mol. The van der Waals surface area contributed by atoms with Crippen LogP contribution < -0.4 is 4.74 Å². The fourth-order valence-electron chi connectivity index (χ4n) is 2.74. The van der Waals surface area contributed by atoms with Gasteiger partial charge in [-0.2, -0.15) is 13.2 Å². The Bertz CT molecular complexity index is 988. The molecule has 1 heterocycles. The number of alkyl halides is 3. The van der Waals surface area contributed by atoms with E-state index in [2.05, 4.69) is 19.3 Å². The quantitative estimate of drug-likeness (QED) is 0.200. The molecule has 0 spiro atoms.